The van der Waals surface area contributed by atoms with Crippen LogP contribution in [0.15, 0.2) is 34.4 Å². The highest BCUT2D eigenvalue weighted by atomic mass is 32.1. The molecule has 0 bridgehead atoms. The molecule has 7 heteroatoms. The molecule has 6 nitrogen and oxygen atoms in total. The van der Waals surface area contributed by atoms with E-state index in [0.29, 0.717) is 30.8 Å². The molecule has 2 aromatic rings. The third-order valence-electron chi connectivity index (χ3n) is 2.72. The lowest BCUT2D eigenvalue weighted by atomic mass is 10.1. The molecule has 1 aromatic carbocycles. The molecule has 1 heterocycles. The Kier molecular flexibility index (Phi) is 4.08. The normalized spacial score (nSPS) is 10.6. The molecule has 1 aromatic heterocycles. The van der Waals surface area contributed by atoms with Gasteiger partial charge in [0.05, 0.1) is 10.6 Å². The fourth-order valence-electron chi connectivity index (χ4n) is 1.80. The van der Waals surface area contributed by atoms with Crippen LogP contribution in [0.3, 0.4) is 0 Å². The van der Waals surface area contributed by atoms with Gasteiger partial charge < -0.3 is 5.73 Å². The van der Waals surface area contributed by atoms with Crippen molar-refractivity contribution in [2.24, 2.45) is 5.73 Å². The summed E-state index contributed by atoms with van der Waals surface area (Å²) in [6.45, 7) is 1.02. The molecular weight excluding hydrogens is 266 g/mol. The first-order chi connectivity index (χ1) is 9.13. The second kappa shape index (κ2) is 5.77. The van der Waals surface area contributed by atoms with Crippen LogP contribution < -0.4 is 10.6 Å². The molecule has 0 radical (unpaired) electrons. The van der Waals surface area contributed by atoms with Crippen molar-refractivity contribution in [2.45, 2.75) is 13.0 Å². The minimum absolute atomic E-state index is 0.0153. The topological polar surface area (TPSA) is 91.2 Å². The summed E-state index contributed by atoms with van der Waals surface area (Å²) in [7, 11) is 0. The summed E-state index contributed by atoms with van der Waals surface area (Å²) in [6.07, 6.45) is 0.693. The number of nitrogens with two attached hydrogens (primary N) is 1. The van der Waals surface area contributed by atoms with Gasteiger partial charge in [-0.25, -0.2) is 0 Å². The average molecular weight is 279 g/mol. The minimum Gasteiger partial charge on any atom is -0.330 e. The molecule has 0 amide bonds. The Morgan fingerprint density at radius 2 is 2.21 bits per heavy atom. The van der Waals surface area contributed by atoms with Gasteiger partial charge in [-0.2, -0.15) is 0 Å². The van der Waals surface area contributed by atoms with E-state index >= 15 is 0 Å². The van der Waals surface area contributed by atoms with Gasteiger partial charge in [0, 0.05) is 29.6 Å². The number of hydrogen-bond donors (Lipinski definition) is 1. The quantitative estimate of drug-likeness (QED) is 0.667. The molecule has 0 unspecified atom stereocenters. The van der Waals surface area contributed by atoms with Crippen molar-refractivity contribution < 1.29 is 4.92 Å². The third-order valence-corrected chi connectivity index (χ3v) is 3.48. The predicted molar refractivity (Wildman–Crippen MR) is 74.3 cm³/mol. The van der Waals surface area contributed by atoms with Gasteiger partial charge >= 0.3 is 4.87 Å². The highest BCUT2D eigenvalue weighted by Crippen LogP contribution is 2.24. The molecule has 0 saturated heterocycles. The summed E-state index contributed by atoms with van der Waals surface area (Å²) in [5.74, 6) is 0. The van der Waals surface area contributed by atoms with Crippen LogP contribution in [0.1, 0.15) is 6.42 Å². The second-order valence-electron chi connectivity index (χ2n) is 3.99. The first-order valence-corrected chi connectivity index (χ1v) is 6.64. The largest absolute Gasteiger partial charge is 0.330 e. The summed E-state index contributed by atoms with van der Waals surface area (Å²) in [5, 5.41) is 12.5. The van der Waals surface area contributed by atoms with E-state index in [-0.39, 0.29) is 10.6 Å². The Hall–Kier alpha value is -1.99. The van der Waals surface area contributed by atoms with Gasteiger partial charge in [0.1, 0.15) is 0 Å². The van der Waals surface area contributed by atoms with Gasteiger partial charge in [0.15, 0.2) is 0 Å². The number of aromatic nitrogens is 1. The highest BCUT2D eigenvalue weighted by molar-refractivity contribution is 7.07. The fraction of sp³-hybridized carbons (Fsp3) is 0.250. The Labute approximate surface area is 113 Å². The minimum atomic E-state index is -0.446. The zero-order valence-corrected chi connectivity index (χ0v) is 10.9. The molecule has 0 atom stereocenters. The van der Waals surface area contributed by atoms with E-state index in [0.717, 1.165) is 11.3 Å². The van der Waals surface area contributed by atoms with Crippen molar-refractivity contribution >= 4 is 17.0 Å². The maximum atomic E-state index is 11.7. The van der Waals surface area contributed by atoms with Gasteiger partial charge in [-0.3, -0.25) is 19.5 Å². The Morgan fingerprint density at radius 3 is 2.89 bits per heavy atom. The number of nitro groups is 1. The van der Waals surface area contributed by atoms with E-state index in [1.165, 1.54) is 12.1 Å². The number of benzene rings is 1. The molecular formula is C12H13N3O3S. The van der Waals surface area contributed by atoms with Crippen LogP contribution in [-0.2, 0) is 6.54 Å². The van der Waals surface area contributed by atoms with E-state index in [9.17, 15) is 14.9 Å². The maximum absolute atomic E-state index is 11.7. The predicted octanol–water partition coefficient (Wildman–Crippen LogP) is 1.83. The monoisotopic (exact) mass is 279 g/mol. The number of nitro benzene ring substituents is 1. The van der Waals surface area contributed by atoms with Gasteiger partial charge in [-0.1, -0.05) is 23.5 Å². The molecule has 0 aliphatic rings. The smallest absolute Gasteiger partial charge is 0.307 e. The molecule has 0 spiro atoms. The highest BCUT2D eigenvalue weighted by Gasteiger charge is 2.12. The summed E-state index contributed by atoms with van der Waals surface area (Å²) in [4.78, 5) is 22.0. The first-order valence-electron chi connectivity index (χ1n) is 5.76. The van der Waals surface area contributed by atoms with Crippen molar-refractivity contribution in [1.29, 1.82) is 0 Å². The van der Waals surface area contributed by atoms with Crippen LogP contribution in [0.5, 0.6) is 0 Å². The van der Waals surface area contributed by atoms with Crippen molar-refractivity contribution in [2.75, 3.05) is 6.54 Å². The molecule has 2 N–H and O–H groups in total. The zero-order chi connectivity index (χ0) is 13.8. The van der Waals surface area contributed by atoms with Crippen molar-refractivity contribution in [3.05, 3.63) is 49.4 Å². The van der Waals surface area contributed by atoms with E-state index in [1.54, 1.807) is 22.1 Å². The summed E-state index contributed by atoms with van der Waals surface area (Å²) >= 11 is 1.09. The number of non-ortho nitro benzene ring substituents is 1. The van der Waals surface area contributed by atoms with Crippen LogP contribution in [0, 0.1) is 10.1 Å². The SMILES string of the molecule is NCCCn1c(-c2cccc([N+](=O)[O-])c2)csc1=O. The second-order valence-corrected chi connectivity index (χ2v) is 4.81. The standard InChI is InChI=1S/C12H13N3O3S/c13-5-2-6-14-11(8-19-12(14)16)9-3-1-4-10(7-9)15(17)18/h1,3-4,7-8H,2,5-6,13H2. The van der Waals surface area contributed by atoms with E-state index in [4.69, 9.17) is 5.73 Å². The van der Waals surface area contributed by atoms with Crippen LogP contribution in [0.2, 0.25) is 0 Å². The van der Waals surface area contributed by atoms with Gasteiger partial charge in [0.25, 0.3) is 5.69 Å². The molecule has 100 valence electrons. The molecule has 0 saturated carbocycles. The number of rotatable bonds is 5. The van der Waals surface area contributed by atoms with Crippen LogP contribution in [0.25, 0.3) is 11.3 Å². The fourth-order valence-corrected chi connectivity index (χ4v) is 2.59. The summed E-state index contributed by atoms with van der Waals surface area (Å²) in [5.41, 5.74) is 6.83. The van der Waals surface area contributed by atoms with Crippen molar-refractivity contribution in [3.8, 4) is 11.3 Å². The molecule has 2 rings (SSSR count). The maximum Gasteiger partial charge on any atom is 0.307 e. The molecule has 19 heavy (non-hydrogen) atoms. The number of hydrogen-bond acceptors (Lipinski definition) is 5. The molecule has 0 aliphatic carbocycles. The van der Waals surface area contributed by atoms with E-state index < -0.39 is 4.92 Å². The van der Waals surface area contributed by atoms with Crippen molar-refractivity contribution in [1.82, 2.24) is 4.57 Å². The number of nitrogens with zero attached hydrogens (tertiary/aromatic N) is 2. The van der Waals surface area contributed by atoms with Crippen LogP contribution >= 0.6 is 11.3 Å². The van der Waals surface area contributed by atoms with E-state index in [2.05, 4.69) is 0 Å². The van der Waals surface area contributed by atoms with Crippen LogP contribution in [-0.4, -0.2) is 16.0 Å². The molecule has 0 fully saturated rings. The average Bonchev–Trinajstić information content (AvgIpc) is 2.78. The van der Waals surface area contributed by atoms with Gasteiger partial charge in [-0.05, 0) is 13.0 Å². The number of thiazole rings is 1. The van der Waals surface area contributed by atoms with Gasteiger partial charge in [0.2, 0.25) is 0 Å². The lowest BCUT2D eigenvalue weighted by molar-refractivity contribution is -0.384. The summed E-state index contributed by atoms with van der Waals surface area (Å²) in [6, 6.07) is 6.27. The van der Waals surface area contributed by atoms with Crippen LogP contribution in [0.4, 0.5) is 5.69 Å². The summed E-state index contributed by atoms with van der Waals surface area (Å²) < 4.78 is 1.61. The lowest BCUT2D eigenvalue weighted by Gasteiger charge is -2.06. The van der Waals surface area contributed by atoms with E-state index in [1.807, 2.05) is 0 Å². The Morgan fingerprint density at radius 1 is 1.42 bits per heavy atom. The molecule has 0 aliphatic heterocycles. The third kappa shape index (κ3) is 2.88. The van der Waals surface area contributed by atoms with Crippen molar-refractivity contribution in [3.63, 3.8) is 0 Å². The van der Waals surface area contributed by atoms with Gasteiger partial charge in [-0.15, -0.1) is 0 Å². The Balaban J connectivity index is 2.44. The lowest BCUT2D eigenvalue weighted by Crippen LogP contribution is -2.16. The first kappa shape index (κ1) is 13.4. The Bertz CT molecular complexity index is 648. The zero-order valence-electron chi connectivity index (χ0n) is 10.1.